The lowest BCUT2D eigenvalue weighted by Crippen LogP contribution is -2.36. The van der Waals surface area contributed by atoms with Crippen LogP contribution in [0.4, 0.5) is 5.82 Å². The highest BCUT2D eigenvalue weighted by molar-refractivity contribution is 5.93. The zero-order valence-corrected chi connectivity index (χ0v) is 12.5. The number of nitrogens with zero attached hydrogens (tertiary/aromatic N) is 3. The van der Waals surface area contributed by atoms with Crippen LogP contribution < -0.4 is 4.90 Å². The van der Waals surface area contributed by atoms with Crippen LogP contribution >= 0.6 is 0 Å². The number of aromatic amines is 1. The largest absolute Gasteiger partial charge is 0.378 e. The van der Waals surface area contributed by atoms with Gasteiger partial charge in [-0.3, -0.25) is 5.10 Å². The molecule has 0 spiro atoms. The molecular weight excluding hydrogens is 276 g/mol. The van der Waals surface area contributed by atoms with E-state index in [4.69, 9.17) is 4.74 Å². The van der Waals surface area contributed by atoms with Gasteiger partial charge in [-0.2, -0.15) is 5.10 Å². The predicted molar refractivity (Wildman–Crippen MR) is 87.1 cm³/mol. The SMILES string of the molecule is Cc1ccc2[nH]nc(-c3ccnc(N4CCOCC4)c3)c2c1. The highest BCUT2D eigenvalue weighted by Crippen LogP contribution is 2.28. The molecule has 5 heteroatoms. The Kier molecular flexibility index (Phi) is 3.27. The van der Waals surface area contributed by atoms with Crippen molar-refractivity contribution in [2.24, 2.45) is 0 Å². The normalized spacial score (nSPS) is 15.4. The first kappa shape index (κ1) is 13.3. The van der Waals surface area contributed by atoms with Crippen molar-refractivity contribution in [1.29, 1.82) is 0 Å². The van der Waals surface area contributed by atoms with Gasteiger partial charge in [-0.15, -0.1) is 0 Å². The van der Waals surface area contributed by atoms with Crippen LogP contribution in [0.1, 0.15) is 5.56 Å². The van der Waals surface area contributed by atoms with Gasteiger partial charge < -0.3 is 9.64 Å². The van der Waals surface area contributed by atoms with Crippen molar-refractivity contribution in [3.63, 3.8) is 0 Å². The number of rotatable bonds is 2. The Labute approximate surface area is 128 Å². The summed E-state index contributed by atoms with van der Waals surface area (Å²) in [4.78, 5) is 6.76. The maximum Gasteiger partial charge on any atom is 0.129 e. The summed E-state index contributed by atoms with van der Waals surface area (Å²) in [6.07, 6.45) is 1.86. The van der Waals surface area contributed by atoms with Crippen molar-refractivity contribution in [1.82, 2.24) is 15.2 Å². The molecule has 3 aromatic rings. The number of hydrogen-bond acceptors (Lipinski definition) is 4. The van der Waals surface area contributed by atoms with Gasteiger partial charge in [0.15, 0.2) is 0 Å². The lowest BCUT2D eigenvalue weighted by Gasteiger charge is -2.27. The number of morpholine rings is 1. The first-order chi connectivity index (χ1) is 10.8. The highest BCUT2D eigenvalue weighted by atomic mass is 16.5. The fraction of sp³-hybridized carbons (Fsp3) is 0.294. The molecule has 0 radical (unpaired) electrons. The van der Waals surface area contributed by atoms with Gasteiger partial charge in [0.25, 0.3) is 0 Å². The molecule has 5 nitrogen and oxygen atoms in total. The van der Waals surface area contributed by atoms with Crippen LogP contribution in [-0.2, 0) is 4.74 Å². The van der Waals surface area contributed by atoms with Gasteiger partial charge in [0.2, 0.25) is 0 Å². The van der Waals surface area contributed by atoms with Crippen LogP contribution in [0.2, 0.25) is 0 Å². The monoisotopic (exact) mass is 294 g/mol. The fourth-order valence-corrected chi connectivity index (χ4v) is 2.88. The van der Waals surface area contributed by atoms with Crippen molar-refractivity contribution in [2.75, 3.05) is 31.2 Å². The van der Waals surface area contributed by atoms with E-state index in [1.54, 1.807) is 0 Å². The smallest absolute Gasteiger partial charge is 0.129 e. The van der Waals surface area contributed by atoms with E-state index in [0.29, 0.717) is 0 Å². The second kappa shape index (κ2) is 5.42. The zero-order valence-electron chi connectivity index (χ0n) is 12.5. The molecule has 2 aromatic heterocycles. The van der Waals surface area contributed by atoms with Crippen LogP contribution in [0.25, 0.3) is 22.2 Å². The number of pyridine rings is 1. The van der Waals surface area contributed by atoms with Crippen LogP contribution in [0.5, 0.6) is 0 Å². The topological polar surface area (TPSA) is 54.0 Å². The average molecular weight is 294 g/mol. The summed E-state index contributed by atoms with van der Waals surface area (Å²) in [5.74, 6) is 0.990. The minimum Gasteiger partial charge on any atom is -0.378 e. The molecule has 112 valence electrons. The van der Waals surface area contributed by atoms with E-state index in [9.17, 15) is 0 Å². The van der Waals surface area contributed by atoms with Crippen molar-refractivity contribution in [3.05, 3.63) is 42.1 Å². The molecular formula is C17H18N4O. The Morgan fingerprint density at radius 2 is 2.00 bits per heavy atom. The van der Waals surface area contributed by atoms with Crippen LogP contribution in [0.15, 0.2) is 36.5 Å². The average Bonchev–Trinajstić information content (AvgIpc) is 2.99. The van der Waals surface area contributed by atoms with Gasteiger partial charge >= 0.3 is 0 Å². The van der Waals surface area contributed by atoms with Crippen molar-refractivity contribution in [2.45, 2.75) is 6.92 Å². The molecule has 0 bridgehead atoms. The first-order valence-electron chi connectivity index (χ1n) is 7.55. The van der Waals surface area contributed by atoms with Crippen LogP contribution in [-0.4, -0.2) is 41.5 Å². The van der Waals surface area contributed by atoms with Gasteiger partial charge in [-0.25, -0.2) is 4.98 Å². The minimum absolute atomic E-state index is 0.760. The molecule has 4 rings (SSSR count). The quantitative estimate of drug-likeness (QED) is 0.789. The number of hydrogen-bond donors (Lipinski definition) is 1. The third-order valence-corrected chi connectivity index (χ3v) is 4.07. The molecule has 0 aliphatic carbocycles. The molecule has 1 fully saturated rings. The zero-order chi connectivity index (χ0) is 14.9. The number of H-pyrrole nitrogens is 1. The number of anilines is 1. The molecule has 1 aliphatic heterocycles. The summed E-state index contributed by atoms with van der Waals surface area (Å²) in [5.41, 5.74) is 4.37. The second-order valence-corrected chi connectivity index (χ2v) is 5.62. The second-order valence-electron chi connectivity index (χ2n) is 5.62. The molecule has 22 heavy (non-hydrogen) atoms. The summed E-state index contributed by atoms with van der Waals surface area (Å²) in [6, 6.07) is 10.5. The van der Waals surface area contributed by atoms with Crippen LogP contribution in [0.3, 0.4) is 0 Å². The Bertz CT molecular complexity index is 805. The van der Waals surface area contributed by atoms with Crippen molar-refractivity contribution < 1.29 is 4.74 Å². The summed E-state index contributed by atoms with van der Waals surface area (Å²) in [6.45, 7) is 5.39. The third kappa shape index (κ3) is 2.33. The summed E-state index contributed by atoms with van der Waals surface area (Å²) >= 11 is 0. The summed E-state index contributed by atoms with van der Waals surface area (Å²) in [7, 11) is 0. The predicted octanol–water partition coefficient (Wildman–Crippen LogP) is 2.77. The molecule has 1 saturated heterocycles. The van der Waals surface area contributed by atoms with Crippen LogP contribution in [0, 0.1) is 6.92 Å². The van der Waals surface area contributed by atoms with E-state index in [2.05, 4.69) is 51.3 Å². The standard InChI is InChI=1S/C17H18N4O/c1-12-2-3-15-14(10-12)17(20-19-15)13-4-5-18-16(11-13)21-6-8-22-9-7-21/h2-5,10-11H,6-9H2,1H3,(H,19,20). The van der Waals surface area contributed by atoms with Gasteiger partial charge in [0, 0.05) is 30.2 Å². The Hall–Kier alpha value is -2.40. The van der Waals surface area contributed by atoms with E-state index < -0.39 is 0 Å². The van der Waals surface area contributed by atoms with E-state index in [0.717, 1.165) is 54.3 Å². The number of ether oxygens (including phenoxy) is 1. The molecule has 1 aromatic carbocycles. The summed E-state index contributed by atoms with van der Waals surface area (Å²) < 4.78 is 5.41. The van der Waals surface area contributed by atoms with Gasteiger partial charge in [0.1, 0.15) is 11.5 Å². The molecule has 0 saturated carbocycles. The van der Waals surface area contributed by atoms with Crippen molar-refractivity contribution >= 4 is 16.7 Å². The van der Waals surface area contributed by atoms with E-state index in [-0.39, 0.29) is 0 Å². The lowest BCUT2D eigenvalue weighted by atomic mass is 10.1. The molecule has 0 amide bonds. The highest BCUT2D eigenvalue weighted by Gasteiger charge is 2.14. The lowest BCUT2D eigenvalue weighted by molar-refractivity contribution is 0.122. The molecule has 3 heterocycles. The molecule has 1 aliphatic rings. The van der Waals surface area contributed by atoms with E-state index >= 15 is 0 Å². The maximum atomic E-state index is 5.41. The number of benzene rings is 1. The van der Waals surface area contributed by atoms with E-state index in [1.807, 2.05) is 12.3 Å². The van der Waals surface area contributed by atoms with Gasteiger partial charge in [0.05, 0.1) is 18.7 Å². The maximum absolute atomic E-state index is 5.41. The number of aromatic nitrogens is 3. The fourth-order valence-electron chi connectivity index (χ4n) is 2.88. The molecule has 1 N–H and O–H groups in total. The number of aryl methyl sites for hydroxylation is 1. The van der Waals surface area contributed by atoms with Crippen molar-refractivity contribution in [3.8, 4) is 11.3 Å². The molecule has 0 unspecified atom stereocenters. The Balaban J connectivity index is 1.76. The number of nitrogens with one attached hydrogen (secondary N) is 1. The summed E-state index contributed by atoms with van der Waals surface area (Å²) in [5, 5.41) is 8.76. The van der Waals surface area contributed by atoms with E-state index in [1.165, 1.54) is 5.56 Å². The first-order valence-corrected chi connectivity index (χ1v) is 7.55. The third-order valence-electron chi connectivity index (χ3n) is 4.07. The Morgan fingerprint density at radius 1 is 1.14 bits per heavy atom. The molecule has 0 atom stereocenters. The Morgan fingerprint density at radius 3 is 2.86 bits per heavy atom. The van der Waals surface area contributed by atoms with Gasteiger partial charge in [-0.1, -0.05) is 11.6 Å². The minimum atomic E-state index is 0.760. The van der Waals surface area contributed by atoms with Gasteiger partial charge in [-0.05, 0) is 31.2 Å². The number of fused-ring (bicyclic) bond motifs is 1.